The van der Waals surface area contributed by atoms with Gasteiger partial charge in [0.15, 0.2) is 0 Å². The minimum Gasteiger partial charge on any atom is -0.406 e. The van der Waals surface area contributed by atoms with Crippen LogP contribution < -0.4 is 4.74 Å². The van der Waals surface area contributed by atoms with Crippen molar-refractivity contribution < 1.29 is 17.9 Å². The van der Waals surface area contributed by atoms with Gasteiger partial charge in [-0.1, -0.05) is 58.6 Å². The Hall–Kier alpha value is -1.19. The topological polar surface area (TPSA) is 9.23 Å². The molecule has 0 heterocycles. The van der Waals surface area contributed by atoms with Crippen molar-refractivity contribution in [3.63, 3.8) is 0 Å². The van der Waals surface area contributed by atoms with Crippen molar-refractivity contribution >= 4 is 0 Å². The van der Waals surface area contributed by atoms with E-state index in [1.165, 1.54) is 12.1 Å². The first-order valence-corrected chi connectivity index (χ1v) is 7.67. The largest absolute Gasteiger partial charge is 0.573 e. The summed E-state index contributed by atoms with van der Waals surface area (Å²) in [6.45, 7) is 6.51. The van der Waals surface area contributed by atoms with E-state index < -0.39 is 6.36 Å². The van der Waals surface area contributed by atoms with Gasteiger partial charge in [-0.25, -0.2) is 0 Å². The second-order valence-corrected chi connectivity index (χ2v) is 5.84. The Kier molecular flexibility index (Phi) is 6.56. The summed E-state index contributed by atoms with van der Waals surface area (Å²) in [5, 5.41) is 0. The Bertz CT molecular complexity index is 401. The maximum atomic E-state index is 12.2. The van der Waals surface area contributed by atoms with Gasteiger partial charge in [-0.05, 0) is 36.0 Å². The lowest BCUT2D eigenvalue weighted by Gasteiger charge is -2.30. The third kappa shape index (κ3) is 5.98. The predicted molar refractivity (Wildman–Crippen MR) is 79.5 cm³/mol. The molecule has 21 heavy (non-hydrogen) atoms. The Morgan fingerprint density at radius 1 is 0.905 bits per heavy atom. The quantitative estimate of drug-likeness (QED) is 0.553. The smallest absolute Gasteiger partial charge is 0.406 e. The summed E-state index contributed by atoms with van der Waals surface area (Å²) in [6.07, 6.45) is 1.98. The van der Waals surface area contributed by atoms with Crippen molar-refractivity contribution in [2.24, 2.45) is 0 Å². The molecule has 0 bridgehead atoms. The maximum absolute atomic E-state index is 12.2. The van der Waals surface area contributed by atoms with Gasteiger partial charge in [-0.15, -0.1) is 13.2 Å². The Labute approximate surface area is 125 Å². The molecule has 0 aromatic heterocycles. The summed E-state index contributed by atoms with van der Waals surface area (Å²) in [5.74, 6) is -0.153. The first kappa shape index (κ1) is 17.9. The summed E-state index contributed by atoms with van der Waals surface area (Å²) in [5.41, 5.74) is 1.13. The molecule has 1 aromatic rings. The second kappa shape index (κ2) is 7.71. The average molecular weight is 302 g/mol. The molecule has 0 aliphatic carbocycles. The highest BCUT2D eigenvalue weighted by Crippen LogP contribution is 2.36. The summed E-state index contributed by atoms with van der Waals surface area (Å²) >= 11 is 0. The standard InChI is InChI=1S/C17H25F3O/c1-4-6-12-16(3,13-7-5-2)14-8-10-15(11-9-14)21-17(18,19)20/h8-11H,4-7,12-13H2,1-3H3. The molecule has 1 rings (SSSR count). The lowest BCUT2D eigenvalue weighted by Crippen LogP contribution is -2.22. The van der Waals surface area contributed by atoms with Crippen LogP contribution >= 0.6 is 0 Å². The zero-order valence-corrected chi connectivity index (χ0v) is 13.1. The number of rotatable bonds is 8. The first-order valence-electron chi connectivity index (χ1n) is 7.67. The van der Waals surface area contributed by atoms with E-state index in [4.69, 9.17) is 0 Å². The monoisotopic (exact) mass is 302 g/mol. The Morgan fingerprint density at radius 3 is 1.76 bits per heavy atom. The van der Waals surface area contributed by atoms with Gasteiger partial charge >= 0.3 is 6.36 Å². The van der Waals surface area contributed by atoms with E-state index in [9.17, 15) is 13.2 Å². The normalized spacial score (nSPS) is 12.5. The van der Waals surface area contributed by atoms with Crippen molar-refractivity contribution in [3.8, 4) is 5.75 Å². The number of benzene rings is 1. The Balaban J connectivity index is 2.87. The SMILES string of the molecule is CCCCC(C)(CCCC)c1ccc(OC(F)(F)F)cc1. The van der Waals surface area contributed by atoms with Gasteiger partial charge in [0.05, 0.1) is 0 Å². The summed E-state index contributed by atoms with van der Waals surface area (Å²) in [7, 11) is 0. The minimum absolute atomic E-state index is 0.0305. The molecule has 0 atom stereocenters. The zero-order valence-electron chi connectivity index (χ0n) is 13.1. The van der Waals surface area contributed by atoms with Crippen molar-refractivity contribution in [1.29, 1.82) is 0 Å². The van der Waals surface area contributed by atoms with Crippen LogP contribution in [0.25, 0.3) is 0 Å². The van der Waals surface area contributed by atoms with Crippen LogP contribution in [-0.2, 0) is 5.41 Å². The number of hydrogen-bond donors (Lipinski definition) is 0. The fourth-order valence-corrected chi connectivity index (χ4v) is 2.61. The average Bonchev–Trinajstić information content (AvgIpc) is 2.42. The molecule has 0 radical (unpaired) electrons. The van der Waals surface area contributed by atoms with Crippen LogP contribution in [0.3, 0.4) is 0 Å². The molecular weight excluding hydrogens is 277 g/mol. The molecule has 0 N–H and O–H groups in total. The first-order chi connectivity index (χ1) is 9.80. The van der Waals surface area contributed by atoms with Gasteiger partial charge in [0.1, 0.15) is 5.75 Å². The molecule has 120 valence electrons. The van der Waals surface area contributed by atoms with E-state index in [1.807, 2.05) is 0 Å². The van der Waals surface area contributed by atoms with Crippen LogP contribution in [0.15, 0.2) is 24.3 Å². The summed E-state index contributed by atoms with van der Waals surface area (Å²) in [6, 6.07) is 6.37. The molecule has 0 aliphatic rings. The highest BCUT2D eigenvalue weighted by Gasteiger charge is 2.31. The van der Waals surface area contributed by atoms with Gasteiger partial charge in [0.25, 0.3) is 0 Å². The fourth-order valence-electron chi connectivity index (χ4n) is 2.61. The van der Waals surface area contributed by atoms with E-state index in [1.54, 1.807) is 12.1 Å². The van der Waals surface area contributed by atoms with E-state index in [-0.39, 0.29) is 11.2 Å². The predicted octanol–water partition coefficient (Wildman–Crippen LogP) is 6.22. The molecule has 0 amide bonds. The number of hydrogen-bond acceptors (Lipinski definition) is 1. The molecular formula is C17H25F3O. The van der Waals surface area contributed by atoms with Crippen molar-refractivity contribution in [2.75, 3.05) is 0 Å². The van der Waals surface area contributed by atoms with Crippen LogP contribution in [0.1, 0.15) is 64.9 Å². The van der Waals surface area contributed by atoms with Crippen LogP contribution in [0.5, 0.6) is 5.75 Å². The highest BCUT2D eigenvalue weighted by molar-refractivity contribution is 5.32. The van der Waals surface area contributed by atoms with E-state index in [2.05, 4.69) is 25.5 Å². The lowest BCUT2D eigenvalue weighted by molar-refractivity contribution is -0.274. The van der Waals surface area contributed by atoms with Crippen molar-refractivity contribution in [1.82, 2.24) is 0 Å². The van der Waals surface area contributed by atoms with Crippen LogP contribution in [0, 0.1) is 0 Å². The number of halogens is 3. The van der Waals surface area contributed by atoms with Crippen molar-refractivity contribution in [3.05, 3.63) is 29.8 Å². The molecule has 1 aromatic carbocycles. The van der Waals surface area contributed by atoms with Gasteiger partial charge in [0.2, 0.25) is 0 Å². The third-order valence-electron chi connectivity index (χ3n) is 3.95. The molecule has 0 fully saturated rings. The number of alkyl halides is 3. The summed E-state index contributed by atoms with van der Waals surface area (Å²) < 4.78 is 40.5. The van der Waals surface area contributed by atoms with Crippen molar-refractivity contribution in [2.45, 2.75) is 71.1 Å². The molecule has 1 nitrogen and oxygen atoms in total. The molecule has 4 heteroatoms. The maximum Gasteiger partial charge on any atom is 0.573 e. The van der Waals surface area contributed by atoms with Gasteiger partial charge in [-0.3, -0.25) is 0 Å². The van der Waals surface area contributed by atoms with Crippen LogP contribution in [-0.4, -0.2) is 6.36 Å². The summed E-state index contributed by atoms with van der Waals surface area (Å²) in [4.78, 5) is 0. The Morgan fingerprint density at radius 2 is 1.38 bits per heavy atom. The molecule has 0 saturated carbocycles. The second-order valence-electron chi connectivity index (χ2n) is 5.84. The van der Waals surface area contributed by atoms with Crippen LogP contribution in [0.2, 0.25) is 0 Å². The van der Waals surface area contributed by atoms with E-state index in [0.29, 0.717) is 0 Å². The van der Waals surface area contributed by atoms with Gasteiger partial charge in [-0.2, -0.15) is 0 Å². The number of unbranched alkanes of at least 4 members (excludes halogenated alkanes) is 2. The molecule has 0 aliphatic heterocycles. The molecule has 0 unspecified atom stereocenters. The van der Waals surface area contributed by atoms with E-state index in [0.717, 1.165) is 44.1 Å². The zero-order chi connectivity index (χ0) is 15.9. The van der Waals surface area contributed by atoms with Gasteiger partial charge < -0.3 is 4.74 Å². The fraction of sp³-hybridized carbons (Fsp3) is 0.647. The minimum atomic E-state index is -4.63. The van der Waals surface area contributed by atoms with Gasteiger partial charge in [0, 0.05) is 0 Å². The molecule has 0 saturated heterocycles. The number of ether oxygens (including phenoxy) is 1. The van der Waals surface area contributed by atoms with Crippen LogP contribution in [0.4, 0.5) is 13.2 Å². The van der Waals surface area contributed by atoms with E-state index >= 15 is 0 Å². The highest BCUT2D eigenvalue weighted by atomic mass is 19.4. The lowest BCUT2D eigenvalue weighted by atomic mass is 9.74. The molecule has 0 spiro atoms. The third-order valence-corrected chi connectivity index (χ3v) is 3.95.